The minimum Gasteiger partial charge on any atom is -0.397 e. The van der Waals surface area contributed by atoms with Crippen molar-refractivity contribution < 1.29 is 13.9 Å². The predicted molar refractivity (Wildman–Crippen MR) is 60.9 cm³/mol. The van der Waals surface area contributed by atoms with Crippen molar-refractivity contribution in [3.8, 4) is 0 Å². The molecule has 1 aromatic carbocycles. The highest BCUT2D eigenvalue weighted by Crippen LogP contribution is 2.26. The number of hydrogen-bond donors (Lipinski definition) is 2. The van der Waals surface area contributed by atoms with Crippen LogP contribution in [0.1, 0.15) is 5.56 Å². The lowest BCUT2D eigenvalue weighted by Gasteiger charge is -2.25. The molecule has 0 radical (unpaired) electrons. The summed E-state index contributed by atoms with van der Waals surface area (Å²) in [5, 5.41) is 8.84. The first-order chi connectivity index (χ1) is 7.56. The van der Waals surface area contributed by atoms with E-state index in [0.717, 1.165) is 5.56 Å². The van der Waals surface area contributed by atoms with Crippen molar-refractivity contribution in [1.29, 1.82) is 0 Å². The second-order valence-corrected chi connectivity index (χ2v) is 3.57. The first-order valence-electron chi connectivity index (χ1n) is 5.05. The number of para-hydroxylation sites is 1. The fourth-order valence-corrected chi connectivity index (χ4v) is 1.54. The van der Waals surface area contributed by atoms with Crippen LogP contribution in [0.5, 0.6) is 0 Å². The Kier molecular flexibility index (Phi) is 4.49. The van der Waals surface area contributed by atoms with Crippen molar-refractivity contribution in [3.63, 3.8) is 0 Å². The summed E-state index contributed by atoms with van der Waals surface area (Å²) in [6, 6.07) is 5.26. The summed E-state index contributed by atoms with van der Waals surface area (Å²) in [6.45, 7) is 1.37. The zero-order valence-electron chi connectivity index (χ0n) is 9.16. The first kappa shape index (κ1) is 12.7. The van der Waals surface area contributed by atoms with E-state index in [9.17, 15) is 8.78 Å². The normalized spacial score (nSPS) is 10.8. The summed E-state index contributed by atoms with van der Waals surface area (Å²) in [4.78, 5) is 1.40. The molecule has 0 spiro atoms. The third kappa shape index (κ3) is 3.06. The molecule has 0 fully saturated rings. The SMILES string of the molecule is Cc1cccc(N(CCO)CC(F)F)c1N. The van der Waals surface area contributed by atoms with Crippen LogP contribution < -0.4 is 10.6 Å². The number of aliphatic hydroxyl groups excluding tert-OH is 1. The van der Waals surface area contributed by atoms with Crippen molar-refractivity contribution in [2.24, 2.45) is 0 Å². The van der Waals surface area contributed by atoms with Gasteiger partial charge in [-0.2, -0.15) is 0 Å². The zero-order chi connectivity index (χ0) is 12.1. The van der Waals surface area contributed by atoms with Gasteiger partial charge in [-0.25, -0.2) is 8.78 Å². The summed E-state index contributed by atoms with van der Waals surface area (Å²) in [5.74, 6) is 0. The van der Waals surface area contributed by atoms with E-state index in [1.54, 1.807) is 12.1 Å². The van der Waals surface area contributed by atoms with Crippen molar-refractivity contribution in [3.05, 3.63) is 23.8 Å². The topological polar surface area (TPSA) is 49.5 Å². The number of halogens is 2. The van der Waals surface area contributed by atoms with E-state index in [4.69, 9.17) is 10.8 Å². The lowest BCUT2D eigenvalue weighted by molar-refractivity contribution is 0.153. The molecule has 16 heavy (non-hydrogen) atoms. The van der Waals surface area contributed by atoms with Crippen LogP contribution in [0.4, 0.5) is 20.2 Å². The summed E-state index contributed by atoms with van der Waals surface area (Å²) < 4.78 is 24.7. The van der Waals surface area contributed by atoms with Gasteiger partial charge < -0.3 is 15.7 Å². The molecule has 90 valence electrons. The van der Waals surface area contributed by atoms with Crippen LogP contribution in [0, 0.1) is 6.92 Å². The molecule has 0 amide bonds. The second-order valence-electron chi connectivity index (χ2n) is 3.57. The molecular weight excluding hydrogens is 214 g/mol. The Morgan fingerprint density at radius 1 is 1.44 bits per heavy atom. The third-order valence-corrected chi connectivity index (χ3v) is 2.37. The van der Waals surface area contributed by atoms with E-state index in [-0.39, 0.29) is 13.2 Å². The third-order valence-electron chi connectivity index (χ3n) is 2.37. The van der Waals surface area contributed by atoms with Crippen molar-refractivity contribution in [1.82, 2.24) is 0 Å². The van der Waals surface area contributed by atoms with Crippen LogP contribution >= 0.6 is 0 Å². The highest BCUT2D eigenvalue weighted by molar-refractivity contribution is 5.70. The molecule has 3 N–H and O–H groups in total. The minimum absolute atomic E-state index is 0.151. The van der Waals surface area contributed by atoms with Crippen molar-refractivity contribution >= 4 is 11.4 Å². The molecule has 0 unspecified atom stereocenters. The number of nitrogens with zero attached hydrogens (tertiary/aromatic N) is 1. The Labute approximate surface area is 93.5 Å². The summed E-state index contributed by atoms with van der Waals surface area (Å²) >= 11 is 0. The smallest absolute Gasteiger partial charge is 0.255 e. The van der Waals surface area contributed by atoms with Crippen LogP contribution in [0.2, 0.25) is 0 Å². The number of aliphatic hydroxyl groups is 1. The minimum atomic E-state index is -2.45. The number of anilines is 2. The Bertz CT molecular complexity index is 345. The maximum atomic E-state index is 12.4. The average molecular weight is 230 g/mol. The molecule has 3 nitrogen and oxygen atoms in total. The predicted octanol–water partition coefficient (Wildman–Crippen LogP) is 1.64. The van der Waals surface area contributed by atoms with Crippen LogP contribution in [0.15, 0.2) is 18.2 Å². The molecule has 0 bridgehead atoms. The molecule has 0 aliphatic heterocycles. The summed E-state index contributed by atoms with van der Waals surface area (Å²) in [7, 11) is 0. The number of benzene rings is 1. The second kappa shape index (κ2) is 5.65. The molecule has 0 saturated carbocycles. The standard InChI is InChI=1S/C11H16F2N2O/c1-8-3-2-4-9(11(8)14)15(5-6-16)7-10(12)13/h2-4,10,16H,5-7,14H2,1H3. The molecule has 0 aliphatic rings. The Hall–Kier alpha value is -1.36. The number of hydrogen-bond acceptors (Lipinski definition) is 3. The van der Waals surface area contributed by atoms with E-state index in [0.29, 0.717) is 11.4 Å². The average Bonchev–Trinajstić information content (AvgIpc) is 2.21. The first-order valence-corrected chi connectivity index (χ1v) is 5.05. The molecule has 0 aliphatic carbocycles. The van der Waals surface area contributed by atoms with Crippen molar-refractivity contribution in [2.75, 3.05) is 30.3 Å². The molecule has 0 atom stereocenters. The molecular formula is C11H16F2N2O. The Morgan fingerprint density at radius 2 is 2.12 bits per heavy atom. The zero-order valence-corrected chi connectivity index (χ0v) is 9.16. The van der Waals surface area contributed by atoms with E-state index < -0.39 is 13.0 Å². The lowest BCUT2D eigenvalue weighted by atomic mass is 10.1. The highest BCUT2D eigenvalue weighted by Gasteiger charge is 2.15. The number of alkyl halides is 2. The van der Waals surface area contributed by atoms with Gasteiger partial charge in [0.05, 0.1) is 24.5 Å². The molecule has 0 saturated heterocycles. The van der Waals surface area contributed by atoms with Crippen LogP contribution in [0.3, 0.4) is 0 Å². The lowest BCUT2D eigenvalue weighted by Crippen LogP contribution is -2.32. The fourth-order valence-electron chi connectivity index (χ4n) is 1.54. The maximum Gasteiger partial charge on any atom is 0.255 e. The van der Waals surface area contributed by atoms with Crippen LogP contribution in [-0.4, -0.2) is 31.2 Å². The van der Waals surface area contributed by atoms with Gasteiger partial charge in [0.2, 0.25) is 0 Å². The molecule has 0 aromatic heterocycles. The molecule has 1 rings (SSSR count). The summed E-state index contributed by atoms with van der Waals surface area (Å²) in [5.41, 5.74) is 7.70. The van der Waals surface area contributed by atoms with E-state index in [1.165, 1.54) is 4.90 Å². The van der Waals surface area contributed by atoms with Gasteiger partial charge in [-0.05, 0) is 18.6 Å². The monoisotopic (exact) mass is 230 g/mol. The van der Waals surface area contributed by atoms with Gasteiger partial charge in [0.1, 0.15) is 0 Å². The van der Waals surface area contributed by atoms with Gasteiger partial charge in [-0.3, -0.25) is 0 Å². The number of nitrogen functional groups attached to an aromatic ring is 1. The van der Waals surface area contributed by atoms with Gasteiger partial charge in [0.15, 0.2) is 0 Å². The van der Waals surface area contributed by atoms with Gasteiger partial charge >= 0.3 is 0 Å². The summed E-state index contributed by atoms with van der Waals surface area (Å²) in [6.07, 6.45) is -2.45. The Morgan fingerprint density at radius 3 is 2.69 bits per heavy atom. The quantitative estimate of drug-likeness (QED) is 0.756. The molecule has 0 heterocycles. The Balaban J connectivity index is 2.96. The molecule has 1 aromatic rings. The molecule has 5 heteroatoms. The van der Waals surface area contributed by atoms with Gasteiger partial charge in [0, 0.05) is 6.54 Å². The van der Waals surface area contributed by atoms with Gasteiger partial charge in [0.25, 0.3) is 6.43 Å². The van der Waals surface area contributed by atoms with Gasteiger partial charge in [-0.1, -0.05) is 12.1 Å². The van der Waals surface area contributed by atoms with E-state index in [1.807, 2.05) is 13.0 Å². The number of nitrogens with two attached hydrogens (primary N) is 1. The van der Waals surface area contributed by atoms with Crippen LogP contribution in [-0.2, 0) is 0 Å². The fraction of sp³-hybridized carbons (Fsp3) is 0.455. The van der Waals surface area contributed by atoms with Gasteiger partial charge in [-0.15, -0.1) is 0 Å². The highest BCUT2D eigenvalue weighted by atomic mass is 19.3. The number of aryl methyl sites for hydroxylation is 1. The van der Waals surface area contributed by atoms with Crippen LogP contribution in [0.25, 0.3) is 0 Å². The largest absolute Gasteiger partial charge is 0.397 e. The maximum absolute atomic E-state index is 12.4. The van der Waals surface area contributed by atoms with E-state index in [2.05, 4.69) is 0 Å². The van der Waals surface area contributed by atoms with E-state index >= 15 is 0 Å². The number of rotatable bonds is 5. The van der Waals surface area contributed by atoms with Crippen molar-refractivity contribution in [2.45, 2.75) is 13.3 Å².